The van der Waals surface area contributed by atoms with Crippen molar-refractivity contribution in [2.24, 2.45) is 0 Å². The lowest BCUT2D eigenvalue weighted by Crippen LogP contribution is -2.24. The van der Waals surface area contributed by atoms with Gasteiger partial charge in [-0.15, -0.1) is 0 Å². The van der Waals surface area contributed by atoms with E-state index >= 15 is 0 Å². The monoisotopic (exact) mass is 268 g/mol. The first-order valence-corrected chi connectivity index (χ1v) is 5.60. The molecule has 0 fully saturated rings. The van der Waals surface area contributed by atoms with Crippen LogP contribution >= 0.6 is 11.6 Å². The van der Waals surface area contributed by atoms with E-state index in [0.29, 0.717) is 16.5 Å². The number of halogens is 2. The van der Waals surface area contributed by atoms with E-state index in [9.17, 15) is 9.18 Å². The molecule has 0 spiro atoms. The molecular weight excluding hydrogens is 259 g/mol. The van der Waals surface area contributed by atoms with Crippen LogP contribution in [0.4, 0.5) is 9.18 Å². The summed E-state index contributed by atoms with van der Waals surface area (Å²) < 4.78 is 13.0. The number of carbonyl (C=O) groups is 1. The number of hydrogen-bond donors (Lipinski definition) is 2. The Hall–Kier alpha value is -1.88. The second-order valence-electron chi connectivity index (χ2n) is 3.88. The van der Waals surface area contributed by atoms with Crippen molar-refractivity contribution < 1.29 is 14.3 Å². The maximum Gasteiger partial charge on any atom is 0.405 e. The average Bonchev–Trinajstić information content (AvgIpc) is 2.26. The molecule has 6 heteroatoms. The number of amides is 1. The van der Waals surface area contributed by atoms with Gasteiger partial charge in [0.1, 0.15) is 11.0 Å². The fraction of sp³-hybridized carbons (Fsp3) is 0.167. The zero-order valence-corrected chi connectivity index (χ0v) is 10.2. The number of nitrogens with zero attached hydrogens (tertiary/aromatic N) is 1. The Morgan fingerprint density at radius 3 is 2.89 bits per heavy atom. The van der Waals surface area contributed by atoms with Gasteiger partial charge in [0.25, 0.3) is 0 Å². The molecular formula is C12H10ClFN2O2. The Labute approximate surface area is 107 Å². The molecule has 1 atom stereocenters. The lowest BCUT2D eigenvalue weighted by Gasteiger charge is -2.13. The molecule has 94 valence electrons. The highest BCUT2D eigenvalue weighted by Crippen LogP contribution is 2.26. The molecule has 0 saturated heterocycles. The molecule has 0 radical (unpaired) electrons. The number of nitrogens with one attached hydrogen (secondary N) is 1. The fourth-order valence-corrected chi connectivity index (χ4v) is 2.01. The molecule has 1 heterocycles. The number of rotatable bonds is 2. The molecule has 18 heavy (non-hydrogen) atoms. The summed E-state index contributed by atoms with van der Waals surface area (Å²) in [5, 5.41) is 11.8. The first-order valence-electron chi connectivity index (χ1n) is 5.22. The Balaban J connectivity index is 2.49. The third-order valence-electron chi connectivity index (χ3n) is 2.57. The van der Waals surface area contributed by atoms with Crippen molar-refractivity contribution in [1.82, 2.24) is 10.3 Å². The number of benzene rings is 1. The normalized spacial score (nSPS) is 12.4. The molecule has 0 aliphatic heterocycles. The van der Waals surface area contributed by atoms with Crippen LogP contribution in [-0.4, -0.2) is 16.2 Å². The summed E-state index contributed by atoms with van der Waals surface area (Å²) in [5.74, 6) is -0.393. The predicted molar refractivity (Wildman–Crippen MR) is 66.3 cm³/mol. The smallest absolute Gasteiger partial charge is 0.405 e. The summed E-state index contributed by atoms with van der Waals surface area (Å²) in [6, 6.07) is 5.38. The van der Waals surface area contributed by atoms with Crippen molar-refractivity contribution in [2.75, 3.05) is 0 Å². The maximum absolute atomic E-state index is 13.0. The van der Waals surface area contributed by atoms with Gasteiger partial charge >= 0.3 is 6.09 Å². The van der Waals surface area contributed by atoms with E-state index < -0.39 is 18.0 Å². The Morgan fingerprint density at radius 1 is 1.50 bits per heavy atom. The first kappa shape index (κ1) is 12.6. The summed E-state index contributed by atoms with van der Waals surface area (Å²) in [6.07, 6.45) is -1.14. The molecule has 4 nitrogen and oxygen atoms in total. The van der Waals surface area contributed by atoms with E-state index in [2.05, 4.69) is 10.3 Å². The molecule has 2 rings (SSSR count). The van der Waals surface area contributed by atoms with Crippen molar-refractivity contribution >= 4 is 28.6 Å². The highest BCUT2D eigenvalue weighted by molar-refractivity contribution is 6.30. The minimum atomic E-state index is -1.14. The van der Waals surface area contributed by atoms with Gasteiger partial charge in [-0.25, -0.2) is 14.2 Å². The molecule has 1 aromatic carbocycles. The summed E-state index contributed by atoms with van der Waals surface area (Å²) in [7, 11) is 0. The third kappa shape index (κ3) is 2.51. The summed E-state index contributed by atoms with van der Waals surface area (Å²) >= 11 is 5.97. The van der Waals surface area contributed by atoms with Gasteiger partial charge < -0.3 is 10.4 Å². The zero-order chi connectivity index (χ0) is 13.3. The Bertz CT molecular complexity index is 618. The highest BCUT2D eigenvalue weighted by Gasteiger charge is 2.14. The number of aromatic nitrogens is 1. The van der Waals surface area contributed by atoms with Crippen LogP contribution in [0.2, 0.25) is 5.15 Å². The minimum absolute atomic E-state index is 0.161. The molecule has 0 bridgehead atoms. The van der Waals surface area contributed by atoms with Gasteiger partial charge in [0.15, 0.2) is 0 Å². The van der Waals surface area contributed by atoms with E-state index in [1.165, 1.54) is 12.1 Å². The molecule has 1 unspecified atom stereocenters. The van der Waals surface area contributed by atoms with Gasteiger partial charge in [-0.3, -0.25) is 0 Å². The van der Waals surface area contributed by atoms with Crippen molar-refractivity contribution in [1.29, 1.82) is 0 Å². The lowest BCUT2D eigenvalue weighted by atomic mass is 10.1. The predicted octanol–water partition coefficient (Wildman–Crippen LogP) is 3.36. The van der Waals surface area contributed by atoms with Crippen LogP contribution in [0.15, 0.2) is 24.3 Å². The average molecular weight is 269 g/mol. The molecule has 0 aliphatic rings. The van der Waals surface area contributed by atoms with Crippen LogP contribution in [-0.2, 0) is 0 Å². The largest absolute Gasteiger partial charge is 0.465 e. The SMILES string of the molecule is CC(NC(=O)O)c1cc2ccc(F)cc2nc1Cl. The van der Waals surface area contributed by atoms with E-state index in [1.807, 2.05) is 0 Å². The van der Waals surface area contributed by atoms with Crippen LogP contribution in [0.25, 0.3) is 10.9 Å². The standard InChI is InChI=1S/C12H10ClFN2O2/c1-6(15-12(17)18)9-4-7-2-3-8(14)5-10(7)16-11(9)13/h2-6,15H,1H3,(H,17,18). The van der Waals surface area contributed by atoms with Gasteiger partial charge in [0.05, 0.1) is 11.6 Å². The fourth-order valence-electron chi connectivity index (χ4n) is 1.70. The number of hydrogen-bond acceptors (Lipinski definition) is 2. The van der Waals surface area contributed by atoms with Crippen LogP contribution in [0, 0.1) is 5.82 Å². The van der Waals surface area contributed by atoms with Crippen molar-refractivity contribution in [3.63, 3.8) is 0 Å². The van der Waals surface area contributed by atoms with E-state index in [1.54, 1.807) is 19.1 Å². The zero-order valence-electron chi connectivity index (χ0n) is 9.45. The molecule has 2 aromatic rings. The lowest BCUT2D eigenvalue weighted by molar-refractivity contribution is 0.191. The van der Waals surface area contributed by atoms with Crippen LogP contribution in [0.3, 0.4) is 0 Å². The van der Waals surface area contributed by atoms with Gasteiger partial charge in [-0.1, -0.05) is 11.6 Å². The third-order valence-corrected chi connectivity index (χ3v) is 2.87. The van der Waals surface area contributed by atoms with Crippen LogP contribution in [0.1, 0.15) is 18.5 Å². The Morgan fingerprint density at radius 2 is 2.22 bits per heavy atom. The van der Waals surface area contributed by atoms with Crippen LogP contribution < -0.4 is 5.32 Å². The van der Waals surface area contributed by atoms with Gasteiger partial charge in [0.2, 0.25) is 0 Å². The minimum Gasteiger partial charge on any atom is -0.465 e. The van der Waals surface area contributed by atoms with Gasteiger partial charge in [-0.05, 0) is 25.1 Å². The topological polar surface area (TPSA) is 62.2 Å². The molecule has 0 saturated carbocycles. The van der Waals surface area contributed by atoms with Gasteiger partial charge in [0, 0.05) is 17.0 Å². The van der Waals surface area contributed by atoms with E-state index in [-0.39, 0.29) is 5.15 Å². The van der Waals surface area contributed by atoms with E-state index in [4.69, 9.17) is 16.7 Å². The number of fused-ring (bicyclic) bond motifs is 1. The van der Waals surface area contributed by atoms with Gasteiger partial charge in [-0.2, -0.15) is 0 Å². The maximum atomic E-state index is 13.0. The number of carboxylic acid groups (broad SMARTS) is 1. The van der Waals surface area contributed by atoms with Crippen molar-refractivity contribution in [3.8, 4) is 0 Å². The summed E-state index contributed by atoms with van der Waals surface area (Å²) in [6.45, 7) is 1.66. The van der Waals surface area contributed by atoms with Crippen molar-refractivity contribution in [2.45, 2.75) is 13.0 Å². The molecule has 0 aliphatic carbocycles. The highest BCUT2D eigenvalue weighted by atomic mass is 35.5. The molecule has 2 N–H and O–H groups in total. The quantitative estimate of drug-likeness (QED) is 0.821. The Kier molecular flexibility index (Phi) is 3.34. The molecule has 1 amide bonds. The number of pyridine rings is 1. The second kappa shape index (κ2) is 4.78. The van der Waals surface area contributed by atoms with Crippen molar-refractivity contribution in [3.05, 3.63) is 40.8 Å². The summed E-state index contributed by atoms with van der Waals surface area (Å²) in [4.78, 5) is 14.6. The van der Waals surface area contributed by atoms with E-state index in [0.717, 1.165) is 0 Å². The second-order valence-corrected chi connectivity index (χ2v) is 4.23. The van der Waals surface area contributed by atoms with Crippen LogP contribution in [0.5, 0.6) is 0 Å². The molecule has 1 aromatic heterocycles. The summed E-state index contributed by atoms with van der Waals surface area (Å²) in [5.41, 5.74) is 0.990. The first-order chi connectivity index (χ1) is 8.47.